The van der Waals surface area contributed by atoms with Crippen LogP contribution in [0.2, 0.25) is 0 Å². The average Bonchev–Trinajstić information content (AvgIpc) is 2.99. The van der Waals surface area contributed by atoms with Gasteiger partial charge in [-0.05, 0) is 18.2 Å². The lowest BCUT2D eigenvalue weighted by molar-refractivity contribution is -0.652. The van der Waals surface area contributed by atoms with E-state index in [0.717, 1.165) is 34.3 Å². The van der Waals surface area contributed by atoms with Gasteiger partial charge >= 0.3 is 5.89 Å². The maximum Gasteiger partial charge on any atom is 0.379 e. The number of para-hydroxylation sites is 4. The van der Waals surface area contributed by atoms with Crippen molar-refractivity contribution in [1.82, 2.24) is 0 Å². The van der Waals surface area contributed by atoms with Crippen LogP contribution in [0.5, 0.6) is 5.75 Å². The maximum absolute atomic E-state index is 5.89. The standard InChI is InChI=1S/C17H15N2O2/c1-18-12-7-3-5-9-14(12)20-16(18)11-17-19(2)13-8-4-6-10-15(13)21-17/h3-11H,1-2H3/q+1. The number of nitrogens with zero attached hydrogens (tertiary/aromatic N) is 2. The molecule has 21 heavy (non-hydrogen) atoms. The minimum atomic E-state index is 0.755. The second-order valence-electron chi connectivity index (χ2n) is 5.08. The zero-order valence-electron chi connectivity index (χ0n) is 11.9. The summed E-state index contributed by atoms with van der Waals surface area (Å²) in [5.74, 6) is 2.38. The first-order valence-corrected chi connectivity index (χ1v) is 6.84. The summed E-state index contributed by atoms with van der Waals surface area (Å²) in [7, 11) is 3.97. The van der Waals surface area contributed by atoms with E-state index in [2.05, 4.69) is 0 Å². The van der Waals surface area contributed by atoms with E-state index in [-0.39, 0.29) is 0 Å². The van der Waals surface area contributed by atoms with E-state index in [1.807, 2.05) is 78.2 Å². The molecule has 4 rings (SSSR count). The molecule has 2 heterocycles. The number of fused-ring (bicyclic) bond motifs is 2. The highest BCUT2D eigenvalue weighted by Crippen LogP contribution is 2.37. The predicted octanol–water partition coefficient (Wildman–Crippen LogP) is 3.08. The second kappa shape index (κ2) is 4.38. The number of anilines is 1. The molecule has 0 unspecified atom stereocenters. The molecule has 0 atom stereocenters. The van der Waals surface area contributed by atoms with Gasteiger partial charge in [0.1, 0.15) is 13.1 Å². The van der Waals surface area contributed by atoms with Gasteiger partial charge in [0.2, 0.25) is 11.5 Å². The summed E-state index contributed by atoms with van der Waals surface area (Å²) in [5.41, 5.74) is 2.98. The molecule has 0 N–H and O–H groups in total. The summed E-state index contributed by atoms with van der Waals surface area (Å²) >= 11 is 0. The van der Waals surface area contributed by atoms with Crippen molar-refractivity contribution in [2.24, 2.45) is 7.05 Å². The Bertz CT molecular complexity index is 864. The van der Waals surface area contributed by atoms with Crippen LogP contribution in [0.25, 0.3) is 17.2 Å². The number of benzene rings is 2. The van der Waals surface area contributed by atoms with Crippen molar-refractivity contribution in [3.05, 3.63) is 60.3 Å². The minimum Gasteiger partial charge on any atom is -0.438 e. The Morgan fingerprint density at radius 2 is 1.81 bits per heavy atom. The van der Waals surface area contributed by atoms with Crippen molar-refractivity contribution in [3.63, 3.8) is 0 Å². The van der Waals surface area contributed by atoms with Crippen LogP contribution in [0.4, 0.5) is 5.69 Å². The molecule has 1 aromatic heterocycles. The van der Waals surface area contributed by atoms with Gasteiger partial charge in [-0.3, -0.25) is 0 Å². The van der Waals surface area contributed by atoms with Crippen molar-refractivity contribution < 1.29 is 13.7 Å². The van der Waals surface area contributed by atoms with Crippen LogP contribution in [-0.2, 0) is 7.05 Å². The topological polar surface area (TPSA) is 29.5 Å². The van der Waals surface area contributed by atoms with E-state index < -0.39 is 0 Å². The van der Waals surface area contributed by atoms with Gasteiger partial charge in [-0.2, -0.15) is 4.57 Å². The molecule has 104 valence electrons. The number of rotatable bonds is 1. The quantitative estimate of drug-likeness (QED) is 0.641. The van der Waals surface area contributed by atoms with Crippen LogP contribution in [0.15, 0.2) is 58.8 Å². The van der Waals surface area contributed by atoms with E-state index >= 15 is 0 Å². The number of aromatic nitrogens is 1. The predicted molar refractivity (Wildman–Crippen MR) is 80.8 cm³/mol. The average molecular weight is 279 g/mol. The van der Waals surface area contributed by atoms with Gasteiger partial charge in [0.05, 0.1) is 5.69 Å². The fourth-order valence-corrected chi connectivity index (χ4v) is 2.60. The highest BCUT2D eigenvalue weighted by Gasteiger charge is 2.25. The Kier molecular flexibility index (Phi) is 2.51. The molecule has 3 aromatic rings. The molecular formula is C17H15N2O2+. The number of ether oxygens (including phenoxy) is 1. The van der Waals surface area contributed by atoms with Crippen LogP contribution < -0.4 is 14.2 Å². The van der Waals surface area contributed by atoms with E-state index in [0.29, 0.717) is 0 Å². The Labute approximate surface area is 122 Å². The van der Waals surface area contributed by atoms with E-state index in [4.69, 9.17) is 9.15 Å². The van der Waals surface area contributed by atoms with E-state index in [1.165, 1.54) is 0 Å². The molecule has 0 radical (unpaired) electrons. The molecule has 4 heteroatoms. The molecule has 0 fully saturated rings. The number of aryl methyl sites for hydroxylation is 1. The lowest BCUT2D eigenvalue weighted by Gasteiger charge is -2.09. The normalized spacial score (nSPS) is 15.5. The number of hydrogen-bond donors (Lipinski definition) is 0. The second-order valence-corrected chi connectivity index (χ2v) is 5.08. The fraction of sp³-hybridized carbons (Fsp3) is 0.118. The first-order valence-electron chi connectivity index (χ1n) is 6.84. The third-order valence-electron chi connectivity index (χ3n) is 3.79. The summed E-state index contributed by atoms with van der Waals surface area (Å²) in [6, 6.07) is 15.9. The Hall–Kier alpha value is -2.75. The monoisotopic (exact) mass is 279 g/mol. The maximum atomic E-state index is 5.89. The molecule has 0 aliphatic carbocycles. The number of hydrogen-bond acceptors (Lipinski definition) is 3. The molecule has 0 saturated heterocycles. The van der Waals surface area contributed by atoms with Crippen LogP contribution >= 0.6 is 0 Å². The lowest BCUT2D eigenvalue weighted by atomic mass is 10.3. The van der Waals surface area contributed by atoms with Crippen LogP contribution in [0.3, 0.4) is 0 Å². The Balaban J connectivity index is 1.80. The third-order valence-corrected chi connectivity index (χ3v) is 3.79. The van der Waals surface area contributed by atoms with Gasteiger partial charge in [0.25, 0.3) is 5.52 Å². The minimum absolute atomic E-state index is 0.755. The summed E-state index contributed by atoms with van der Waals surface area (Å²) in [6.45, 7) is 0. The van der Waals surface area contributed by atoms with Crippen molar-refractivity contribution in [2.45, 2.75) is 0 Å². The van der Waals surface area contributed by atoms with Crippen molar-refractivity contribution in [1.29, 1.82) is 0 Å². The van der Waals surface area contributed by atoms with Crippen molar-refractivity contribution in [2.75, 3.05) is 11.9 Å². The SMILES string of the molecule is CN1/C(=C\c2oc3ccccc3[n+]2C)Oc2ccccc21. The zero-order valence-corrected chi connectivity index (χ0v) is 11.9. The fourth-order valence-electron chi connectivity index (χ4n) is 2.60. The lowest BCUT2D eigenvalue weighted by Crippen LogP contribution is -2.29. The molecule has 1 aliphatic heterocycles. The molecule has 0 saturated carbocycles. The van der Waals surface area contributed by atoms with E-state index in [1.54, 1.807) is 0 Å². The van der Waals surface area contributed by atoms with Gasteiger partial charge in [-0.1, -0.05) is 24.3 Å². The van der Waals surface area contributed by atoms with Crippen molar-refractivity contribution >= 4 is 22.9 Å². The largest absolute Gasteiger partial charge is 0.438 e. The van der Waals surface area contributed by atoms with E-state index in [9.17, 15) is 0 Å². The third kappa shape index (κ3) is 1.80. The highest BCUT2D eigenvalue weighted by molar-refractivity contribution is 5.71. The van der Waals surface area contributed by atoms with Crippen molar-refractivity contribution in [3.8, 4) is 5.75 Å². The molecule has 4 nitrogen and oxygen atoms in total. The number of oxazole rings is 1. The molecule has 2 aromatic carbocycles. The first kappa shape index (κ1) is 12.0. The first-order chi connectivity index (χ1) is 10.2. The van der Waals surface area contributed by atoms with Gasteiger partial charge in [0.15, 0.2) is 5.75 Å². The molecular weight excluding hydrogens is 264 g/mol. The van der Waals surface area contributed by atoms with Gasteiger partial charge in [0, 0.05) is 13.1 Å². The van der Waals surface area contributed by atoms with Gasteiger partial charge in [-0.25, -0.2) is 0 Å². The zero-order chi connectivity index (χ0) is 14.4. The molecule has 1 aliphatic rings. The Morgan fingerprint density at radius 1 is 1.05 bits per heavy atom. The Morgan fingerprint density at radius 3 is 2.62 bits per heavy atom. The smallest absolute Gasteiger partial charge is 0.379 e. The molecule has 0 spiro atoms. The summed E-state index contributed by atoms with van der Waals surface area (Å²) in [4.78, 5) is 2.02. The summed E-state index contributed by atoms with van der Waals surface area (Å²) in [6.07, 6.45) is 1.92. The highest BCUT2D eigenvalue weighted by atomic mass is 16.5. The summed E-state index contributed by atoms with van der Waals surface area (Å²) < 4.78 is 13.8. The van der Waals surface area contributed by atoms with Gasteiger partial charge in [-0.15, -0.1) is 0 Å². The van der Waals surface area contributed by atoms with Gasteiger partial charge < -0.3 is 14.1 Å². The van der Waals surface area contributed by atoms with Crippen LogP contribution in [0, 0.1) is 0 Å². The van der Waals surface area contributed by atoms with Crippen LogP contribution in [-0.4, -0.2) is 7.05 Å². The van der Waals surface area contributed by atoms with Crippen LogP contribution in [0.1, 0.15) is 5.89 Å². The molecule has 0 amide bonds. The molecule has 0 bridgehead atoms. The summed E-state index contributed by atoms with van der Waals surface area (Å²) in [5, 5.41) is 0.